The van der Waals surface area contributed by atoms with Crippen molar-refractivity contribution in [2.24, 2.45) is 0 Å². The van der Waals surface area contributed by atoms with E-state index in [-0.39, 0.29) is 12.5 Å². The van der Waals surface area contributed by atoms with Gasteiger partial charge >= 0.3 is 0 Å². The Hall–Kier alpha value is -2.15. The third-order valence-corrected chi connectivity index (χ3v) is 3.07. The van der Waals surface area contributed by atoms with Crippen LogP contribution >= 0.6 is 11.3 Å². The Bertz CT molecular complexity index is 570. The van der Waals surface area contributed by atoms with Gasteiger partial charge in [-0.15, -0.1) is 10.2 Å². The van der Waals surface area contributed by atoms with Crippen molar-refractivity contribution in [2.45, 2.75) is 6.92 Å². The number of ether oxygens (including phenoxy) is 1. The number of rotatable bonds is 5. The highest BCUT2D eigenvalue weighted by molar-refractivity contribution is 7.15. The van der Waals surface area contributed by atoms with E-state index in [9.17, 15) is 4.79 Å². The second kappa shape index (κ2) is 6.14. The number of benzene rings is 1. The average molecular weight is 278 g/mol. The molecule has 0 atom stereocenters. The first-order valence-corrected chi connectivity index (χ1v) is 6.47. The van der Waals surface area contributed by atoms with Crippen molar-refractivity contribution in [1.82, 2.24) is 10.2 Å². The van der Waals surface area contributed by atoms with Gasteiger partial charge in [0.05, 0.1) is 19.3 Å². The highest BCUT2D eigenvalue weighted by Crippen LogP contribution is 2.22. The molecule has 0 aliphatic heterocycles. The van der Waals surface area contributed by atoms with E-state index in [2.05, 4.69) is 20.8 Å². The van der Waals surface area contributed by atoms with E-state index < -0.39 is 0 Å². The van der Waals surface area contributed by atoms with Crippen LogP contribution in [0.1, 0.15) is 5.01 Å². The van der Waals surface area contributed by atoms with Gasteiger partial charge in [0.25, 0.3) is 0 Å². The number of hydrogen-bond acceptors (Lipinski definition) is 6. The summed E-state index contributed by atoms with van der Waals surface area (Å²) in [4.78, 5) is 11.7. The summed E-state index contributed by atoms with van der Waals surface area (Å²) in [5.74, 6) is 0.518. The van der Waals surface area contributed by atoms with Gasteiger partial charge in [0.2, 0.25) is 11.0 Å². The van der Waals surface area contributed by atoms with Gasteiger partial charge in [-0.3, -0.25) is 10.1 Å². The van der Waals surface area contributed by atoms with Crippen molar-refractivity contribution >= 4 is 28.1 Å². The standard InChI is InChI=1S/C12H14N4O2S/c1-8-15-16-12(19-8)14-11(17)7-13-9-5-3-4-6-10(9)18-2/h3-6,13H,7H2,1-2H3,(H,14,16,17). The maximum absolute atomic E-state index is 11.7. The topological polar surface area (TPSA) is 76.1 Å². The number of para-hydroxylation sites is 2. The smallest absolute Gasteiger partial charge is 0.245 e. The predicted molar refractivity (Wildman–Crippen MR) is 74.8 cm³/mol. The lowest BCUT2D eigenvalue weighted by Gasteiger charge is -2.10. The predicted octanol–water partition coefficient (Wildman–Crippen LogP) is 1.91. The van der Waals surface area contributed by atoms with Crippen molar-refractivity contribution in [3.8, 4) is 5.75 Å². The number of nitrogens with zero attached hydrogens (tertiary/aromatic N) is 2. The van der Waals surface area contributed by atoms with E-state index in [0.29, 0.717) is 10.9 Å². The van der Waals surface area contributed by atoms with Gasteiger partial charge in [0.15, 0.2) is 0 Å². The minimum absolute atomic E-state index is 0.138. The molecule has 1 aromatic carbocycles. The van der Waals surface area contributed by atoms with E-state index >= 15 is 0 Å². The molecular formula is C12H14N4O2S. The normalized spacial score (nSPS) is 10.0. The van der Waals surface area contributed by atoms with Gasteiger partial charge in [-0.05, 0) is 19.1 Å². The Balaban J connectivity index is 1.89. The molecule has 0 saturated carbocycles. The number of hydrogen-bond donors (Lipinski definition) is 2. The van der Waals surface area contributed by atoms with Crippen LogP contribution in [-0.4, -0.2) is 29.8 Å². The van der Waals surface area contributed by atoms with Crippen molar-refractivity contribution < 1.29 is 9.53 Å². The molecule has 0 aliphatic carbocycles. The minimum Gasteiger partial charge on any atom is -0.495 e. The number of amides is 1. The van der Waals surface area contributed by atoms with Crippen LogP contribution in [-0.2, 0) is 4.79 Å². The van der Waals surface area contributed by atoms with Crippen molar-refractivity contribution in [1.29, 1.82) is 0 Å². The Morgan fingerprint density at radius 3 is 2.84 bits per heavy atom. The molecule has 0 saturated heterocycles. The van der Waals surface area contributed by atoms with Crippen LogP contribution in [0.5, 0.6) is 5.75 Å². The molecule has 0 fully saturated rings. The summed E-state index contributed by atoms with van der Waals surface area (Å²) >= 11 is 1.34. The molecule has 0 radical (unpaired) electrons. The fourth-order valence-corrected chi connectivity index (χ4v) is 2.08. The second-order valence-electron chi connectivity index (χ2n) is 3.73. The Morgan fingerprint density at radius 1 is 1.37 bits per heavy atom. The molecule has 2 aromatic rings. The van der Waals surface area contributed by atoms with E-state index in [4.69, 9.17) is 4.74 Å². The fourth-order valence-electron chi connectivity index (χ4n) is 1.48. The summed E-state index contributed by atoms with van der Waals surface area (Å²) < 4.78 is 5.18. The number of aromatic nitrogens is 2. The highest BCUT2D eigenvalue weighted by Gasteiger charge is 2.07. The molecule has 0 spiro atoms. The van der Waals surface area contributed by atoms with E-state index in [0.717, 1.165) is 10.7 Å². The first kappa shape index (κ1) is 13.3. The molecule has 2 N–H and O–H groups in total. The fraction of sp³-hybridized carbons (Fsp3) is 0.250. The van der Waals surface area contributed by atoms with Gasteiger partial charge in [-0.2, -0.15) is 0 Å². The van der Waals surface area contributed by atoms with E-state index in [1.807, 2.05) is 31.2 Å². The number of carbonyl (C=O) groups is 1. The third kappa shape index (κ3) is 3.65. The summed E-state index contributed by atoms with van der Waals surface area (Å²) in [6.07, 6.45) is 0. The monoisotopic (exact) mass is 278 g/mol. The lowest BCUT2D eigenvalue weighted by molar-refractivity contribution is -0.114. The average Bonchev–Trinajstić information content (AvgIpc) is 2.82. The highest BCUT2D eigenvalue weighted by atomic mass is 32.1. The van der Waals surface area contributed by atoms with Crippen LogP contribution < -0.4 is 15.4 Å². The van der Waals surface area contributed by atoms with Gasteiger partial charge in [0, 0.05) is 0 Å². The maximum atomic E-state index is 11.7. The summed E-state index contributed by atoms with van der Waals surface area (Å²) in [5.41, 5.74) is 0.772. The SMILES string of the molecule is COc1ccccc1NCC(=O)Nc1nnc(C)s1. The van der Waals surface area contributed by atoms with Crippen molar-refractivity contribution in [3.63, 3.8) is 0 Å². The van der Waals surface area contributed by atoms with Gasteiger partial charge in [-0.25, -0.2) is 0 Å². The van der Waals surface area contributed by atoms with Crippen molar-refractivity contribution in [3.05, 3.63) is 29.3 Å². The summed E-state index contributed by atoms with van der Waals surface area (Å²) in [5, 5.41) is 14.7. The molecule has 7 heteroatoms. The number of carbonyl (C=O) groups excluding carboxylic acids is 1. The van der Waals surface area contributed by atoms with E-state index in [1.54, 1.807) is 7.11 Å². The van der Waals surface area contributed by atoms with Crippen LogP contribution in [0.2, 0.25) is 0 Å². The molecule has 1 aromatic heterocycles. The third-order valence-electron chi connectivity index (χ3n) is 2.32. The van der Waals surface area contributed by atoms with Crippen LogP contribution in [0.3, 0.4) is 0 Å². The van der Waals surface area contributed by atoms with Gasteiger partial charge in [0.1, 0.15) is 10.8 Å². The zero-order valence-corrected chi connectivity index (χ0v) is 11.5. The van der Waals surface area contributed by atoms with Gasteiger partial charge < -0.3 is 10.1 Å². The lowest BCUT2D eigenvalue weighted by atomic mass is 10.3. The molecular weight excluding hydrogens is 264 g/mol. The molecule has 19 heavy (non-hydrogen) atoms. The minimum atomic E-state index is -0.179. The van der Waals surface area contributed by atoms with Crippen LogP contribution in [0.4, 0.5) is 10.8 Å². The van der Waals surface area contributed by atoms with Gasteiger partial charge in [-0.1, -0.05) is 23.5 Å². The molecule has 0 aliphatic rings. The Labute approximate surface area is 114 Å². The first-order chi connectivity index (χ1) is 9.19. The summed E-state index contributed by atoms with van der Waals surface area (Å²) in [6, 6.07) is 7.42. The molecule has 0 unspecified atom stereocenters. The van der Waals surface area contributed by atoms with Crippen LogP contribution in [0.15, 0.2) is 24.3 Å². The number of anilines is 2. The molecule has 1 heterocycles. The lowest BCUT2D eigenvalue weighted by Crippen LogP contribution is -2.21. The molecule has 1 amide bonds. The zero-order chi connectivity index (χ0) is 13.7. The largest absolute Gasteiger partial charge is 0.495 e. The summed E-state index contributed by atoms with van der Waals surface area (Å²) in [7, 11) is 1.59. The Morgan fingerprint density at radius 2 is 2.16 bits per heavy atom. The number of aryl methyl sites for hydroxylation is 1. The summed E-state index contributed by atoms with van der Waals surface area (Å²) in [6.45, 7) is 1.97. The van der Waals surface area contributed by atoms with Crippen LogP contribution in [0.25, 0.3) is 0 Å². The Kier molecular flexibility index (Phi) is 4.30. The zero-order valence-electron chi connectivity index (χ0n) is 10.6. The maximum Gasteiger partial charge on any atom is 0.245 e. The molecule has 0 bridgehead atoms. The molecule has 100 valence electrons. The first-order valence-electron chi connectivity index (χ1n) is 5.66. The molecule has 2 rings (SSSR count). The van der Waals surface area contributed by atoms with Crippen LogP contribution in [0, 0.1) is 6.92 Å². The number of methoxy groups -OCH3 is 1. The number of nitrogens with one attached hydrogen (secondary N) is 2. The molecule has 6 nitrogen and oxygen atoms in total. The van der Waals surface area contributed by atoms with Crippen molar-refractivity contribution in [2.75, 3.05) is 24.3 Å². The second-order valence-corrected chi connectivity index (χ2v) is 4.91. The quantitative estimate of drug-likeness (QED) is 0.873. The van der Waals surface area contributed by atoms with E-state index in [1.165, 1.54) is 11.3 Å².